The molecule has 0 aliphatic heterocycles. The Morgan fingerprint density at radius 1 is 0.971 bits per heavy atom. The number of fused-ring (bicyclic) bond motifs is 9. The predicted molar refractivity (Wildman–Crippen MR) is 138 cm³/mol. The number of aromatic amines is 2. The second kappa shape index (κ2) is 7.54. The molecule has 7 heterocycles. The number of carbonyl (C=O) groups excluding carboxylic acids is 1. The summed E-state index contributed by atoms with van der Waals surface area (Å²) in [7, 11) is 0. The Morgan fingerprint density at radius 2 is 1.86 bits per heavy atom. The van der Waals surface area contributed by atoms with Crippen LogP contribution in [-0.2, 0) is 0 Å². The van der Waals surface area contributed by atoms with Crippen LogP contribution in [0.2, 0.25) is 0 Å². The Balaban J connectivity index is 1.76. The highest BCUT2D eigenvalue weighted by Gasteiger charge is 2.13. The Hall–Kier alpha value is -4.44. The van der Waals surface area contributed by atoms with Gasteiger partial charge in [0.25, 0.3) is 0 Å². The zero-order valence-corrected chi connectivity index (χ0v) is 19.4. The minimum Gasteiger partial charge on any atom is -0.335 e. The SMILES string of the molecule is CCCC(=O)n1c2cncc(c2)c2cnc3[nH]nc(c4nc5c(cncc5c5ccc1s5)[nH]4)c3c2. The smallest absolute Gasteiger partial charge is 0.232 e. The van der Waals surface area contributed by atoms with Crippen molar-refractivity contribution in [3.63, 3.8) is 0 Å². The van der Waals surface area contributed by atoms with Crippen LogP contribution in [0.4, 0.5) is 0 Å². The van der Waals surface area contributed by atoms with Crippen molar-refractivity contribution in [3.8, 4) is 0 Å². The first-order chi connectivity index (χ1) is 17.2. The summed E-state index contributed by atoms with van der Waals surface area (Å²) in [6.45, 7) is 2.00. The van der Waals surface area contributed by atoms with Crippen LogP contribution < -0.4 is 0 Å². The van der Waals surface area contributed by atoms with E-state index < -0.39 is 0 Å². The standard InChI is InChI=1S/C25H18N8OS/c1-2-3-20(34)33-15-6-13(8-26-10-15)14-7-16-23(31-32-24(16)28-9-14)25-29-18-12-27-11-17(22(18)30-25)19-4-5-21(33)35-19/h4-12H,2-3H2,1H3,(H,29,30)(H,28,31,32). The molecule has 0 aliphatic rings. The molecule has 0 amide bonds. The van der Waals surface area contributed by atoms with E-state index in [2.05, 4.69) is 30.1 Å². The van der Waals surface area contributed by atoms with Gasteiger partial charge in [-0.2, -0.15) is 5.10 Å². The summed E-state index contributed by atoms with van der Waals surface area (Å²) in [4.78, 5) is 35.9. The molecule has 7 aromatic heterocycles. The quantitative estimate of drug-likeness (QED) is 0.331. The normalized spacial score (nSPS) is 11.9. The maximum Gasteiger partial charge on any atom is 0.232 e. The molecule has 9 nitrogen and oxygen atoms in total. The lowest BCUT2D eigenvalue weighted by Crippen LogP contribution is -2.10. The fourth-order valence-electron chi connectivity index (χ4n) is 4.49. The lowest BCUT2D eigenvalue weighted by Gasteiger charge is -2.07. The molecule has 0 aromatic carbocycles. The third-order valence-corrected chi connectivity index (χ3v) is 7.24. The number of rotatable bonds is 2. The Bertz CT molecular complexity index is 2010. The van der Waals surface area contributed by atoms with Crippen molar-refractivity contribution in [1.82, 2.24) is 39.7 Å². The molecule has 2 N–H and O–H groups in total. The molecule has 0 saturated heterocycles. The lowest BCUT2D eigenvalue weighted by atomic mass is 10.2. The fourth-order valence-corrected chi connectivity index (χ4v) is 5.54. The molecule has 7 aromatic rings. The van der Waals surface area contributed by atoms with Gasteiger partial charge in [-0.1, -0.05) is 6.92 Å². The summed E-state index contributed by atoms with van der Waals surface area (Å²) in [5.41, 5.74) is 4.31. The van der Waals surface area contributed by atoms with Gasteiger partial charge in [0.2, 0.25) is 5.91 Å². The first kappa shape index (κ1) is 20.0. The number of imidazole rings is 1. The number of H-pyrrole nitrogens is 2. The average molecular weight is 479 g/mol. The van der Waals surface area contributed by atoms with Crippen molar-refractivity contribution in [2.24, 2.45) is 0 Å². The summed E-state index contributed by atoms with van der Waals surface area (Å²) >= 11 is 1.53. The maximum absolute atomic E-state index is 13.3. The zero-order valence-electron chi connectivity index (χ0n) is 18.6. The van der Waals surface area contributed by atoms with Gasteiger partial charge in [0.1, 0.15) is 15.9 Å². The van der Waals surface area contributed by atoms with Gasteiger partial charge in [-0.15, -0.1) is 11.3 Å². The summed E-state index contributed by atoms with van der Waals surface area (Å²) < 4.78 is 2.73. The van der Waals surface area contributed by atoms with Crippen molar-refractivity contribution in [2.45, 2.75) is 19.8 Å². The van der Waals surface area contributed by atoms with Gasteiger partial charge >= 0.3 is 0 Å². The van der Waals surface area contributed by atoms with Gasteiger partial charge in [0.05, 0.1) is 28.8 Å². The van der Waals surface area contributed by atoms with Gasteiger partial charge in [0.15, 0.2) is 11.3 Å². The minimum atomic E-state index is 0.0215. The molecule has 8 bridgehead atoms. The van der Waals surface area contributed by atoms with Crippen molar-refractivity contribution in [2.75, 3.05) is 0 Å². The van der Waals surface area contributed by atoms with Crippen LogP contribution in [0.15, 0.2) is 55.2 Å². The molecule has 0 unspecified atom stereocenters. The predicted octanol–water partition coefficient (Wildman–Crippen LogP) is 5.66. The molecule has 0 atom stereocenters. The molecular weight excluding hydrogens is 460 g/mol. The van der Waals surface area contributed by atoms with Crippen LogP contribution in [0.1, 0.15) is 24.6 Å². The third kappa shape index (κ3) is 3.07. The Morgan fingerprint density at radius 3 is 2.77 bits per heavy atom. The molecular formula is C25H18N8OS. The van der Waals surface area contributed by atoms with E-state index in [1.807, 2.05) is 37.4 Å². The van der Waals surface area contributed by atoms with Crippen LogP contribution in [0, 0.1) is 0 Å². The van der Waals surface area contributed by atoms with E-state index in [1.165, 1.54) is 11.3 Å². The molecule has 0 radical (unpaired) electrons. The van der Waals surface area contributed by atoms with E-state index in [0.717, 1.165) is 54.0 Å². The number of nitrogens with zero attached hydrogens (tertiary/aromatic N) is 6. The number of aromatic nitrogens is 8. The van der Waals surface area contributed by atoms with Gasteiger partial charge in [-0.05, 0) is 30.7 Å². The second-order valence-electron chi connectivity index (χ2n) is 8.41. The monoisotopic (exact) mass is 478 g/mol. The zero-order chi connectivity index (χ0) is 23.5. The summed E-state index contributed by atoms with van der Waals surface area (Å²) in [6, 6.07) is 7.99. The minimum absolute atomic E-state index is 0.0215. The van der Waals surface area contributed by atoms with E-state index in [4.69, 9.17) is 4.98 Å². The highest BCUT2D eigenvalue weighted by atomic mass is 32.1. The maximum atomic E-state index is 13.3. The number of pyridine rings is 3. The van der Waals surface area contributed by atoms with Crippen molar-refractivity contribution in [3.05, 3.63) is 55.2 Å². The van der Waals surface area contributed by atoms with Gasteiger partial charge < -0.3 is 4.98 Å². The summed E-state index contributed by atoms with van der Waals surface area (Å²) in [5, 5.41) is 11.0. The Kier molecular flexibility index (Phi) is 4.30. The highest BCUT2D eigenvalue weighted by molar-refractivity contribution is 7.24. The van der Waals surface area contributed by atoms with E-state index in [1.54, 1.807) is 29.4 Å². The first-order valence-electron chi connectivity index (χ1n) is 11.3. The Labute approximate surface area is 201 Å². The van der Waals surface area contributed by atoms with Crippen molar-refractivity contribution in [1.29, 1.82) is 0 Å². The first-order valence-corrected chi connectivity index (χ1v) is 12.1. The summed E-state index contributed by atoms with van der Waals surface area (Å²) in [5.74, 6) is 0.0215. The average Bonchev–Trinajstić information content (AvgIpc) is 3.61. The van der Waals surface area contributed by atoms with Crippen LogP contribution >= 0.6 is 11.3 Å². The van der Waals surface area contributed by atoms with E-state index in [0.29, 0.717) is 23.2 Å². The van der Waals surface area contributed by atoms with Crippen LogP contribution in [0.25, 0.3) is 64.4 Å². The van der Waals surface area contributed by atoms with Crippen molar-refractivity contribution < 1.29 is 4.79 Å². The molecule has 0 aliphatic carbocycles. The van der Waals surface area contributed by atoms with Crippen LogP contribution in [0.3, 0.4) is 0 Å². The summed E-state index contributed by atoms with van der Waals surface area (Å²) in [6.07, 6.45) is 10.1. The number of hydrogen-bond acceptors (Lipinski definition) is 7. The third-order valence-electron chi connectivity index (χ3n) is 6.14. The highest BCUT2D eigenvalue weighted by Crippen LogP contribution is 2.30. The number of nitrogens with one attached hydrogen (secondary N) is 2. The van der Waals surface area contributed by atoms with Gasteiger partial charge in [-0.25, -0.2) is 9.97 Å². The second-order valence-corrected chi connectivity index (χ2v) is 9.47. The number of hydrogen-bond donors (Lipinski definition) is 2. The molecule has 7 rings (SSSR count). The molecule has 35 heavy (non-hydrogen) atoms. The lowest BCUT2D eigenvalue weighted by molar-refractivity contribution is 0.0912. The van der Waals surface area contributed by atoms with Crippen molar-refractivity contribution >= 4 is 81.7 Å². The largest absolute Gasteiger partial charge is 0.335 e. The molecule has 0 spiro atoms. The molecule has 0 fully saturated rings. The fraction of sp³-hybridized carbons (Fsp3) is 0.120. The van der Waals surface area contributed by atoms with Gasteiger partial charge in [-0.3, -0.25) is 24.4 Å². The molecule has 170 valence electrons. The molecule has 10 heteroatoms. The molecule has 0 saturated carbocycles. The van der Waals surface area contributed by atoms with E-state index in [9.17, 15) is 4.79 Å². The number of thiophene rings is 1. The van der Waals surface area contributed by atoms with E-state index in [-0.39, 0.29) is 5.91 Å². The van der Waals surface area contributed by atoms with Gasteiger partial charge in [0, 0.05) is 45.9 Å². The topological polar surface area (TPSA) is 118 Å². The van der Waals surface area contributed by atoms with E-state index >= 15 is 0 Å². The van der Waals surface area contributed by atoms with Crippen LogP contribution in [-0.4, -0.2) is 45.6 Å². The van der Waals surface area contributed by atoms with Crippen LogP contribution in [0.5, 0.6) is 0 Å². The number of carbonyl (C=O) groups is 1.